The van der Waals surface area contributed by atoms with Crippen molar-refractivity contribution in [3.63, 3.8) is 0 Å². The Morgan fingerprint density at radius 3 is 2.40 bits per heavy atom. The second-order valence-electron chi connectivity index (χ2n) is 6.25. The number of allylic oxidation sites excluding steroid dienone is 1. The van der Waals surface area contributed by atoms with Crippen molar-refractivity contribution < 1.29 is 9.59 Å². The van der Waals surface area contributed by atoms with Crippen molar-refractivity contribution in [1.82, 2.24) is 9.80 Å². The van der Waals surface area contributed by atoms with Crippen molar-refractivity contribution in [2.24, 2.45) is 21.5 Å². The van der Waals surface area contributed by atoms with E-state index in [0.717, 1.165) is 19.3 Å². The Morgan fingerprint density at radius 2 is 1.80 bits per heavy atom. The molecular weight excluding hydrogens is 320 g/mol. The molecule has 138 valence electrons. The Hall–Kier alpha value is -2.38. The van der Waals surface area contributed by atoms with E-state index >= 15 is 0 Å². The van der Waals surface area contributed by atoms with Gasteiger partial charge < -0.3 is 11.5 Å². The lowest BCUT2D eigenvalue weighted by Gasteiger charge is -2.45. The summed E-state index contributed by atoms with van der Waals surface area (Å²) in [6, 6.07) is 0. The summed E-state index contributed by atoms with van der Waals surface area (Å²) in [6.45, 7) is 4.47. The highest BCUT2D eigenvalue weighted by Gasteiger charge is 2.51. The highest BCUT2D eigenvalue weighted by atomic mass is 16.2. The van der Waals surface area contributed by atoms with Crippen molar-refractivity contribution in [2.75, 3.05) is 6.54 Å². The van der Waals surface area contributed by atoms with Crippen LogP contribution in [0, 0.1) is 0 Å². The number of guanidine groups is 2. The van der Waals surface area contributed by atoms with Crippen molar-refractivity contribution in [2.45, 2.75) is 64.6 Å². The first kappa shape index (κ1) is 19.0. The van der Waals surface area contributed by atoms with E-state index in [1.165, 1.54) is 17.7 Å². The number of carbonyl (C=O) groups is 2. The van der Waals surface area contributed by atoms with Crippen LogP contribution in [0.4, 0.5) is 0 Å². The third-order valence-corrected chi connectivity index (χ3v) is 4.44. The summed E-state index contributed by atoms with van der Waals surface area (Å²) in [5.74, 6) is -1.78. The molecule has 0 radical (unpaired) electrons. The fourth-order valence-corrected chi connectivity index (χ4v) is 3.24. The lowest BCUT2D eigenvalue weighted by Crippen LogP contribution is -2.65. The van der Waals surface area contributed by atoms with Gasteiger partial charge in [-0.25, -0.2) is 4.90 Å². The maximum Gasteiger partial charge on any atom is 0.244 e. The average Bonchev–Trinajstić information content (AvgIpc) is 2.89. The van der Waals surface area contributed by atoms with Crippen molar-refractivity contribution in [3.05, 3.63) is 12.2 Å². The molecule has 25 heavy (non-hydrogen) atoms. The van der Waals surface area contributed by atoms with E-state index in [0.29, 0.717) is 6.54 Å². The molecule has 0 aromatic carbocycles. The van der Waals surface area contributed by atoms with Crippen LogP contribution in [0.3, 0.4) is 0 Å². The molecule has 8 heteroatoms. The van der Waals surface area contributed by atoms with Crippen LogP contribution in [0.2, 0.25) is 0 Å². The summed E-state index contributed by atoms with van der Waals surface area (Å²) in [7, 11) is 0. The molecule has 0 spiro atoms. The lowest BCUT2D eigenvalue weighted by atomic mass is 10.1. The molecule has 1 atom stereocenters. The first-order chi connectivity index (χ1) is 12.0. The highest BCUT2D eigenvalue weighted by Crippen LogP contribution is 2.32. The molecule has 2 heterocycles. The number of nitrogens with two attached hydrogens (primary N) is 2. The monoisotopic (exact) mass is 348 g/mol. The van der Waals surface area contributed by atoms with Gasteiger partial charge in [0, 0.05) is 19.4 Å². The quantitative estimate of drug-likeness (QED) is 0.389. The van der Waals surface area contributed by atoms with Gasteiger partial charge in [-0.3, -0.25) is 14.5 Å². The summed E-state index contributed by atoms with van der Waals surface area (Å²) in [6.07, 6.45) is 9.44. The lowest BCUT2D eigenvalue weighted by molar-refractivity contribution is -0.148. The van der Waals surface area contributed by atoms with Gasteiger partial charge in [0.15, 0.2) is 0 Å². The molecule has 2 rings (SSSR count). The van der Waals surface area contributed by atoms with E-state index in [-0.39, 0.29) is 36.6 Å². The van der Waals surface area contributed by atoms with Crippen LogP contribution < -0.4 is 11.5 Å². The van der Waals surface area contributed by atoms with Crippen LogP contribution in [0.5, 0.6) is 0 Å². The normalized spacial score (nSPS) is 24.2. The van der Waals surface area contributed by atoms with E-state index < -0.39 is 5.79 Å². The van der Waals surface area contributed by atoms with Gasteiger partial charge in [0.2, 0.25) is 29.5 Å². The van der Waals surface area contributed by atoms with Gasteiger partial charge in [-0.15, -0.1) is 0 Å². The molecule has 0 bridgehead atoms. The van der Waals surface area contributed by atoms with Crippen LogP contribution in [-0.4, -0.2) is 45.9 Å². The number of likely N-dealkylation sites (tertiary alicyclic amines) is 1. The topological polar surface area (TPSA) is 117 Å². The molecule has 2 amide bonds. The smallest absolute Gasteiger partial charge is 0.244 e. The van der Waals surface area contributed by atoms with Crippen LogP contribution in [-0.2, 0) is 9.59 Å². The second-order valence-corrected chi connectivity index (χ2v) is 6.25. The molecule has 0 aromatic rings. The van der Waals surface area contributed by atoms with Crippen LogP contribution >= 0.6 is 0 Å². The Bertz CT molecular complexity index is 596. The van der Waals surface area contributed by atoms with E-state index in [4.69, 9.17) is 11.5 Å². The number of hydrogen-bond donors (Lipinski definition) is 2. The molecule has 2 aliphatic rings. The van der Waals surface area contributed by atoms with E-state index in [9.17, 15) is 9.59 Å². The largest absolute Gasteiger partial charge is 0.369 e. The number of likely N-dealkylation sites (N-methyl/N-ethyl adjacent to an activating group) is 1. The molecule has 0 saturated carbocycles. The van der Waals surface area contributed by atoms with Crippen molar-refractivity contribution in [3.8, 4) is 0 Å². The van der Waals surface area contributed by atoms with Gasteiger partial charge in [-0.1, -0.05) is 32.3 Å². The minimum atomic E-state index is -1.35. The predicted octanol–water partition coefficient (Wildman–Crippen LogP) is 1.28. The first-order valence-electron chi connectivity index (χ1n) is 8.97. The Balaban J connectivity index is 2.35. The third kappa shape index (κ3) is 3.83. The molecule has 8 nitrogen and oxygen atoms in total. The minimum Gasteiger partial charge on any atom is -0.369 e. The van der Waals surface area contributed by atoms with Gasteiger partial charge in [0.1, 0.15) is 0 Å². The summed E-state index contributed by atoms with van der Waals surface area (Å²) in [5.41, 5.74) is 11.8. The summed E-state index contributed by atoms with van der Waals surface area (Å²) < 4.78 is 0. The van der Waals surface area contributed by atoms with E-state index in [2.05, 4.69) is 16.9 Å². The number of imide groups is 1. The standard InChI is InChI=1S/C17H28N6O2/c1-3-5-6-7-8-9-12-17(23-13(24)10-11-14(23)25)21-15(18)20-16(19)22(17)4-2/h9,12H,3-8,10-11H2,1-2H3,(H4,18,19,20,21). The number of rotatable bonds is 8. The fourth-order valence-electron chi connectivity index (χ4n) is 3.24. The van der Waals surface area contributed by atoms with Gasteiger partial charge in [-0.2, -0.15) is 9.98 Å². The number of unbranched alkanes of at least 4 members (excludes halogenated alkanes) is 4. The first-order valence-corrected chi connectivity index (χ1v) is 8.97. The minimum absolute atomic E-state index is 0.0367. The molecule has 0 aliphatic carbocycles. The number of nitrogens with zero attached hydrogens (tertiary/aromatic N) is 4. The fraction of sp³-hybridized carbons (Fsp3) is 0.647. The highest BCUT2D eigenvalue weighted by molar-refractivity contribution is 6.05. The van der Waals surface area contributed by atoms with Gasteiger partial charge in [0.05, 0.1) is 0 Å². The molecule has 1 saturated heterocycles. The molecule has 4 N–H and O–H groups in total. The summed E-state index contributed by atoms with van der Waals surface area (Å²) in [5, 5.41) is 0. The van der Waals surface area contributed by atoms with Gasteiger partial charge in [0.25, 0.3) is 0 Å². The molecule has 1 unspecified atom stereocenters. The van der Waals surface area contributed by atoms with Gasteiger partial charge >= 0.3 is 0 Å². The zero-order valence-corrected chi connectivity index (χ0v) is 15.1. The van der Waals surface area contributed by atoms with Gasteiger partial charge in [-0.05, 0) is 25.8 Å². The number of amides is 2. The Morgan fingerprint density at radius 1 is 1.12 bits per heavy atom. The number of aliphatic imine (C=N–C) groups is 2. The Labute approximate surface area is 148 Å². The van der Waals surface area contributed by atoms with E-state index in [1.807, 2.05) is 13.0 Å². The zero-order chi connectivity index (χ0) is 18.4. The molecular formula is C17H28N6O2. The van der Waals surface area contributed by atoms with Crippen molar-refractivity contribution >= 4 is 23.7 Å². The molecule has 1 fully saturated rings. The predicted molar refractivity (Wildman–Crippen MR) is 97.3 cm³/mol. The molecule has 0 aromatic heterocycles. The molecule has 2 aliphatic heterocycles. The summed E-state index contributed by atoms with van der Waals surface area (Å²) in [4.78, 5) is 36.0. The van der Waals surface area contributed by atoms with Crippen molar-refractivity contribution in [1.29, 1.82) is 0 Å². The Kier molecular flexibility index (Phi) is 6.17. The average molecular weight is 348 g/mol. The third-order valence-electron chi connectivity index (χ3n) is 4.44. The van der Waals surface area contributed by atoms with Crippen LogP contribution in [0.15, 0.2) is 22.1 Å². The number of carbonyl (C=O) groups excluding carboxylic acids is 2. The van der Waals surface area contributed by atoms with Crippen LogP contribution in [0.1, 0.15) is 58.8 Å². The number of hydrogen-bond acceptors (Lipinski definition) is 7. The zero-order valence-electron chi connectivity index (χ0n) is 15.1. The second kappa shape index (κ2) is 8.13. The van der Waals surface area contributed by atoms with E-state index in [1.54, 1.807) is 11.0 Å². The maximum absolute atomic E-state index is 12.4. The van der Waals surface area contributed by atoms with Crippen LogP contribution in [0.25, 0.3) is 0 Å². The summed E-state index contributed by atoms with van der Waals surface area (Å²) >= 11 is 0. The maximum atomic E-state index is 12.4. The SMILES string of the molecule is CCCCCCC=CC1(N2C(=O)CCC2=O)N=C(N)N=C(N)N1CC.